The molecule has 1 atom stereocenters. The van der Waals surface area contributed by atoms with Gasteiger partial charge in [-0.15, -0.1) is 11.3 Å². The molecular weight excluding hydrogens is 295 g/mol. The van der Waals surface area contributed by atoms with Crippen LogP contribution in [0.5, 0.6) is 0 Å². The van der Waals surface area contributed by atoms with E-state index in [4.69, 9.17) is 4.74 Å². The lowest BCUT2D eigenvalue weighted by molar-refractivity contribution is -0.140. The zero-order valence-electron chi connectivity index (χ0n) is 10.5. The quantitative estimate of drug-likeness (QED) is 0.864. The first-order chi connectivity index (χ1) is 9.47. The van der Waals surface area contributed by atoms with Crippen LogP contribution in [-0.2, 0) is 22.1 Å². The van der Waals surface area contributed by atoms with Crippen LogP contribution in [-0.4, -0.2) is 43.2 Å². The van der Waals surface area contributed by atoms with Crippen molar-refractivity contribution in [1.82, 2.24) is 15.6 Å². The van der Waals surface area contributed by atoms with Crippen molar-refractivity contribution in [3.05, 3.63) is 16.1 Å². The van der Waals surface area contributed by atoms with Gasteiger partial charge in [-0.05, 0) is 0 Å². The van der Waals surface area contributed by atoms with Crippen LogP contribution < -0.4 is 10.6 Å². The van der Waals surface area contributed by atoms with E-state index in [0.29, 0.717) is 24.7 Å². The number of carbonyl (C=O) groups excluding carboxylic acids is 1. The number of halogens is 3. The Morgan fingerprint density at radius 1 is 1.60 bits per heavy atom. The van der Waals surface area contributed by atoms with Gasteiger partial charge in [0.05, 0.1) is 11.6 Å². The molecule has 5 nitrogen and oxygen atoms in total. The van der Waals surface area contributed by atoms with Gasteiger partial charge in [0.15, 0.2) is 5.69 Å². The van der Waals surface area contributed by atoms with Crippen molar-refractivity contribution < 1.29 is 22.7 Å². The lowest BCUT2D eigenvalue weighted by Gasteiger charge is -2.22. The number of carbonyl (C=O) groups is 1. The Morgan fingerprint density at radius 2 is 2.40 bits per heavy atom. The molecule has 1 aliphatic heterocycles. The number of morpholine rings is 1. The van der Waals surface area contributed by atoms with Crippen LogP contribution in [0.1, 0.15) is 10.7 Å². The van der Waals surface area contributed by atoms with E-state index in [1.54, 1.807) is 0 Å². The molecule has 2 rings (SSSR count). The van der Waals surface area contributed by atoms with Gasteiger partial charge < -0.3 is 15.4 Å². The molecule has 1 aromatic heterocycles. The van der Waals surface area contributed by atoms with E-state index >= 15 is 0 Å². The summed E-state index contributed by atoms with van der Waals surface area (Å²) in [7, 11) is 0. The van der Waals surface area contributed by atoms with Gasteiger partial charge >= 0.3 is 6.18 Å². The summed E-state index contributed by atoms with van der Waals surface area (Å²) in [6.45, 7) is 1.87. The predicted molar refractivity (Wildman–Crippen MR) is 66.4 cm³/mol. The number of nitrogens with one attached hydrogen (secondary N) is 2. The van der Waals surface area contributed by atoms with Gasteiger partial charge in [-0.3, -0.25) is 4.79 Å². The summed E-state index contributed by atoms with van der Waals surface area (Å²) in [5.41, 5.74) is -0.886. The van der Waals surface area contributed by atoms with Gasteiger partial charge in [-0.25, -0.2) is 4.98 Å². The highest BCUT2D eigenvalue weighted by molar-refractivity contribution is 7.09. The highest BCUT2D eigenvalue weighted by atomic mass is 32.1. The summed E-state index contributed by atoms with van der Waals surface area (Å²) in [5.74, 6) is -0.259. The summed E-state index contributed by atoms with van der Waals surface area (Å²) in [6, 6.07) is 0. The molecule has 0 radical (unpaired) electrons. The van der Waals surface area contributed by atoms with Gasteiger partial charge in [0.25, 0.3) is 0 Å². The van der Waals surface area contributed by atoms with E-state index in [0.717, 1.165) is 16.7 Å². The Labute approximate surface area is 117 Å². The van der Waals surface area contributed by atoms with Gasteiger partial charge in [0.2, 0.25) is 5.91 Å². The van der Waals surface area contributed by atoms with Gasteiger partial charge in [0, 0.05) is 31.4 Å². The molecule has 0 aromatic carbocycles. The topological polar surface area (TPSA) is 63.2 Å². The normalized spacial score (nSPS) is 19.9. The highest BCUT2D eigenvalue weighted by Crippen LogP contribution is 2.29. The van der Waals surface area contributed by atoms with Crippen molar-refractivity contribution in [2.75, 3.05) is 26.2 Å². The zero-order chi connectivity index (χ0) is 14.6. The molecule has 1 aliphatic rings. The molecule has 0 saturated carbocycles. The molecular formula is C11H14F3N3O2S. The van der Waals surface area contributed by atoms with E-state index < -0.39 is 18.0 Å². The molecule has 1 saturated heterocycles. The number of alkyl halides is 3. The molecule has 1 amide bonds. The lowest BCUT2D eigenvalue weighted by Crippen LogP contribution is -2.48. The number of rotatable bonds is 4. The number of aromatic nitrogens is 1. The van der Waals surface area contributed by atoms with Crippen LogP contribution in [0, 0.1) is 0 Å². The van der Waals surface area contributed by atoms with Crippen LogP contribution in [0.25, 0.3) is 0 Å². The van der Waals surface area contributed by atoms with Crippen LogP contribution in [0.15, 0.2) is 5.38 Å². The average molecular weight is 309 g/mol. The Bertz CT molecular complexity index is 458. The maximum Gasteiger partial charge on any atom is 0.434 e. The van der Waals surface area contributed by atoms with Crippen molar-refractivity contribution in [1.29, 1.82) is 0 Å². The Balaban J connectivity index is 1.75. The molecule has 0 aliphatic carbocycles. The second kappa shape index (κ2) is 6.51. The van der Waals surface area contributed by atoms with Crippen LogP contribution in [0.2, 0.25) is 0 Å². The smallest absolute Gasteiger partial charge is 0.366 e. The molecule has 0 spiro atoms. The van der Waals surface area contributed by atoms with Crippen LogP contribution in [0.3, 0.4) is 0 Å². The predicted octanol–water partition coefficient (Wildman–Crippen LogP) is 0.809. The Hall–Kier alpha value is -1.19. The van der Waals surface area contributed by atoms with Crippen molar-refractivity contribution in [2.24, 2.45) is 0 Å². The Morgan fingerprint density at radius 3 is 3.00 bits per heavy atom. The monoisotopic (exact) mass is 309 g/mol. The molecule has 20 heavy (non-hydrogen) atoms. The third kappa shape index (κ3) is 4.15. The SMILES string of the molecule is O=C(NCCc1nc(C(F)(F)F)cs1)C1CNCCO1. The minimum absolute atomic E-state index is 0.240. The van der Waals surface area contributed by atoms with Crippen molar-refractivity contribution in [2.45, 2.75) is 18.7 Å². The van der Waals surface area contributed by atoms with E-state index in [9.17, 15) is 18.0 Å². The van der Waals surface area contributed by atoms with E-state index in [2.05, 4.69) is 15.6 Å². The summed E-state index contributed by atoms with van der Waals surface area (Å²) < 4.78 is 42.3. The largest absolute Gasteiger partial charge is 0.434 e. The summed E-state index contributed by atoms with van der Waals surface area (Å²) in [5, 5.41) is 6.98. The molecule has 1 aromatic rings. The summed E-state index contributed by atoms with van der Waals surface area (Å²) in [4.78, 5) is 15.2. The lowest BCUT2D eigenvalue weighted by atomic mass is 10.3. The minimum Gasteiger partial charge on any atom is -0.366 e. The van der Waals surface area contributed by atoms with E-state index in [-0.39, 0.29) is 18.9 Å². The minimum atomic E-state index is -4.42. The number of thiazole rings is 1. The number of hydrogen-bond donors (Lipinski definition) is 2. The highest BCUT2D eigenvalue weighted by Gasteiger charge is 2.33. The second-order valence-corrected chi connectivity index (χ2v) is 5.17. The first-order valence-electron chi connectivity index (χ1n) is 6.08. The summed E-state index contributed by atoms with van der Waals surface area (Å²) >= 11 is 0.938. The molecule has 0 bridgehead atoms. The maximum atomic E-state index is 12.3. The second-order valence-electron chi connectivity index (χ2n) is 4.23. The van der Waals surface area contributed by atoms with Gasteiger partial charge in [-0.1, -0.05) is 0 Å². The summed E-state index contributed by atoms with van der Waals surface area (Å²) in [6.07, 6.45) is -4.68. The third-order valence-electron chi connectivity index (χ3n) is 2.70. The fraction of sp³-hybridized carbons (Fsp3) is 0.636. The number of nitrogens with zero attached hydrogens (tertiary/aromatic N) is 1. The van der Waals surface area contributed by atoms with Gasteiger partial charge in [0.1, 0.15) is 6.10 Å². The third-order valence-corrected chi connectivity index (χ3v) is 3.61. The van der Waals surface area contributed by atoms with E-state index in [1.165, 1.54) is 0 Å². The molecule has 2 N–H and O–H groups in total. The zero-order valence-corrected chi connectivity index (χ0v) is 11.3. The van der Waals surface area contributed by atoms with Gasteiger partial charge in [-0.2, -0.15) is 13.2 Å². The van der Waals surface area contributed by atoms with E-state index in [1.807, 2.05) is 0 Å². The maximum absolute atomic E-state index is 12.3. The average Bonchev–Trinajstić information content (AvgIpc) is 2.88. The fourth-order valence-electron chi connectivity index (χ4n) is 1.70. The molecule has 2 heterocycles. The van der Waals surface area contributed by atoms with Crippen LogP contribution in [0.4, 0.5) is 13.2 Å². The first kappa shape index (κ1) is 15.2. The molecule has 112 valence electrons. The number of ether oxygens (including phenoxy) is 1. The first-order valence-corrected chi connectivity index (χ1v) is 6.96. The molecule has 9 heteroatoms. The number of hydrogen-bond acceptors (Lipinski definition) is 5. The Kier molecular flexibility index (Phi) is 4.95. The standard InChI is InChI=1S/C11H14F3N3O2S/c12-11(13,14)8-6-20-9(17-8)1-2-16-10(18)7-5-15-3-4-19-7/h6-7,15H,1-5H2,(H,16,18). The number of amides is 1. The molecule has 1 unspecified atom stereocenters. The fourth-order valence-corrected chi connectivity index (χ4v) is 2.50. The van der Waals surface area contributed by atoms with Crippen LogP contribution >= 0.6 is 11.3 Å². The van der Waals surface area contributed by atoms with Crippen molar-refractivity contribution in [3.8, 4) is 0 Å². The van der Waals surface area contributed by atoms with Crippen molar-refractivity contribution >= 4 is 17.2 Å². The molecule has 1 fully saturated rings. The van der Waals surface area contributed by atoms with Crippen molar-refractivity contribution in [3.63, 3.8) is 0 Å².